The summed E-state index contributed by atoms with van der Waals surface area (Å²) in [5.74, 6) is -0.531. The van der Waals surface area contributed by atoms with Crippen LogP contribution in [0.1, 0.15) is 11.1 Å². The molecule has 0 spiro atoms. The second-order valence-corrected chi connectivity index (χ2v) is 4.84. The molecule has 0 aliphatic carbocycles. The number of nitriles is 1. The number of benzene rings is 2. The summed E-state index contributed by atoms with van der Waals surface area (Å²) in [6.07, 6.45) is 1.38. The minimum absolute atomic E-state index is 0.0510. The third-order valence-electron chi connectivity index (χ3n) is 3.06. The van der Waals surface area contributed by atoms with Crippen molar-refractivity contribution < 1.29 is 9.72 Å². The molecule has 0 saturated heterocycles. The Morgan fingerprint density at radius 2 is 1.96 bits per heavy atom. The van der Waals surface area contributed by atoms with Gasteiger partial charge in [-0.2, -0.15) is 5.26 Å². The zero-order valence-electron chi connectivity index (χ0n) is 12.3. The Balaban J connectivity index is 2.19. The van der Waals surface area contributed by atoms with Gasteiger partial charge in [-0.15, -0.1) is 0 Å². The summed E-state index contributed by atoms with van der Waals surface area (Å²) < 4.78 is 0. The molecule has 0 fully saturated rings. The van der Waals surface area contributed by atoms with Crippen molar-refractivity contribution in [2.75, 3.05) is 5.32 Å². The van der Waals surface area contributed by atoms with Gasteiger partial charge in [-0.05, 0) is 48.4 Å². The number of nitrogens with zero attached hydrogens (tertiary/aromatic N) is 2. The van der Waals surface area contributed by atoms with E-state index in [9.17, 15) is 14.9 Å². The van der Waals surface area contributed by atoms with Crippen LogP contribution in [-0.4, -0.2) is 10.8 Å². The summed E-state index contributed by atoms with van der Waals surface area (Å²) in [6.45, 7) is 1.90. The summed E-state index contributed by atoms with van der Waals surface area (Å²) >= 11 is 0. The summed E-state index contributed by atoms with van der Waals surface area (Å²) in [6, 6.07) is 14.7. The van der Waals surface area contributed by atoms with E-state index in [0.29, 0.717) is 11.3 Å². The molecule has 2 aromatic carbocycles. The Labute approximate surface area is 132 Å². The number of hydrogen-bond donors (Lipinski definition) is 1. The molecule has 1 amide bonds. The first-order chi connectivity index (χ1) is 11.0. The Bertz CT molecular complexity index is 818. The molecule has 2 rings (SSSR count). The van der Waals surface area contributed by atoms with Gasteiger partial charge in [-0.1, -0.05) is 12.1 Å². The highest BCUT2D eigenvalue weighted by Gasteiger charge is 2.10. The first kappa shape index (κ1) is 15.9. The van der Waals surface area contributed by atoms with Gasteiger partial charge in [0, 0.05) is 17.8 Å². The van der Waals surface area contributed by atoms with Gasteiger partial charge in [0.2, 0.25) is 0 Å². The predicted octanol–water partition coefficient (Wildman–Crippen LogP) is 3.45. The lowest BCUT2D eigenvalue weighted by molar-refractivity contribution is -0.384. The molecule has 23 heavy (non-hydrogen) atoms. The standard InChI is InChI=1S/C17H13N3O3/c1-12-3-2-4-15(9-12)19-17(21)14(11-18)10-13-5-7-16(8-6-13)20(22)23/h2-10H,1H3,(H,19,21)/b14-10+. The number of nitro benzene ring substituents is 1. The number of hydrogen-bond acceptors (Lipinski definition) is 4. The molecular formula is C17H13N3O3. The minimum atomic E-state index is -0.531. The van der Waals surface area contributed by atoms with Crippen molar-refractivity contribution in [3.63, 3.8) is 0 Å². The molecule has 0 aliphatic heterocycles. The predicted molar refractivity (Wildman–Crippen MR) is 86.5 cm³/mol. The molecule has 0 bridgehead atoms. The zero-order chi connectivity index (χ0) is 16.8. The van der Waals surface area contributed by atoms with Crippen molar-refractivity contribution in [3.8, 4) is 6.07 Å². The Kier molecular flexibility index (Phi) is 4.85. The van der Waals surface area contributed by atoms with Crippen LogP contribution in [0.2, 0.25) is 0 Å². The first-order valence-corrected chi connectivity index (χ1v) is 6.74. The molecular weight excluding hydrogens is 294 g/mol. The fourth-order valence-electron chi connectivity index (χ4n) is 1.93. The molecule has 1 N–H and O–H groups in total. The van der Waals surface area contributed by atoms with Crippen molar-refractivity contribution in [2.24, 2.45) is 0 Å². The second kappa shape index (κ2) is 7.00. The number of carbonyl (C=O) groups is 1. The highest BCUT2D eigenvalue weighted by atomic mass is 16.6. The molecule has 0 radical (unpaired) electrons. The summed E-state index contributed by atoms with van der Waals surface area (Å²) in [7, 11) is 0. The smallest absolute Gasteiger partial charge is 0.269 e. The van der Waals surface area contributed by atoms with Gasteiger partial charge in [0.15, 0.2) is 0 Å². The maximum Gasteiger partial charge on any atom is 0.269 e. The van der Waals surface area contributed by atoms with Gasteiger partial charge >= 0.3 is 0 Å². The van der Waals surface area contributed by atoms with Gasteiger partial charge in [0.1, 0.15) is 11.6 Å². The zero-order valence-corrected chi connectivity index (χ0v) is 12.3. The second-order valence-electron chi connectivity index (χ2n) is 4.84. The number of nitro groups is 1. The maximum absolute atomic E-state index is 12.1. The van der Waals surface area contributed by atoms with Crippen LogP contribution in [0, 0.1) is 28.4 Å². The van der Waals surface area contributed by atoms with Crippen LogP contribution >= 0.6 is 0 Å². The van der Waals surface area contributed by atoms with Gasteiger partial charge in [-0.3, -0.25) is 14.9 Å². The van der Waals surface area contributed by atoms with E-state index in [0.717, 1.165) is 5.56 Å². The third kappa shape index (κ3) is 4.25. The molecule has 114 valence electrons. The number of non-ortho nitro benzene ring substituents is 1. The highest BCUT2D eigenvalue weighted by Crippen LogP contribution is 2.16. The number of amides is 1. The topological polar surface area (TPSA) is 96.0 Å². The van der Waals surface area contributed by atoms with Crippen molar-refractivity contribution in [1.29, 1.82) is 5.26 Å². The van der Waals surface area contributed by atoms with Crippen LogP contribution in [0.15, 0.2) is 54.1 Å². The molecule has 2 aromatic rings. The number of rotatable bonds is 4. The molecule has 0 saturated carbocycles. The lowest BCUT2D eigenvalue weighted by Gasteiger charge is -2.05. The van der Waals surface area contributed by atoms with E-state index in [1.54, 1.807) is 18.2 Å². The van der Waals surface area contributed by atoms with Crippen LogP contribution in [0.3, 0.4) is 0 Å². The number of nitrogens with one attached hydrogen (secondary N) is 1. The van der Waals surface area contributed by atoms with Gasteiger partial charge < -0.3 is 5.32 Å². The minimum Gasteiger partial charge on any atom is -0.321 e. The van der Waals surface area contributed by atoms with E-state index in [4.69, 9.17) is 5.26 Å². The van der Waals surface area contributed by atoms with Crippen LogP contribution < -0.4 is 5.32 Å². The average Bonchev–Trinajstić information content (AvgIpc) is 2.53. The quantitative estimate of drug-likeness (QED) is 0.405. The van der Waals surface area contributed by atoms with E-state index in [2.05, 4.69) is 5.32 Å². The SMILES string of the molecule is Cc1cccc(NC(=O)/C(C#N)=C/c2ccc([N+](=O)[O-])cc2)c1. The number of carbonyl (C=O) groups excluding carboxylic acids is 1. The Morgan fingerprint density at radius 1 is 1.26 bits per heavy atom. The highest BCUT2D eigenvalue weighted by molar-refractivity contribution is 6.09. The van der Waals surface area contributed by atoms with E-state index >= 15 is 0 Å². The molecule has 0 aromatic heterocycles. The summed E-state index contributed by atoms with van der Waals surface area (Å²) in [4.78, 5) is 22.2. The Hall–Kier alpha value is -3.46. The molecule has 0 atom stereocenters. The van der Waals surface area contributed by atoms with Crippen LogP contribution in [0.4, 0.5) is 11.4 Å². The monoisotopic (exact) mass is 307 g/mol. The Morgan fingerprint density at radius 3 is 2.52 bits per heavy atom. The molecule has 0 heterocycles. The molecule has 0 unspecified atom stereocenters. The van der Waals surface area contributed by atoms with E-state index < -0.39 is 10.8 Å². The number of aryl methyl sites for hydroxylation is 1. The summed E-state index contributed by atoms with van der Waals surface area (Å²) in [5.41, 5.74) is 1.98. The van der Waals surface area contributed by atoms with Crippen LogP contribution in [-0.2, 0) is 4.79 Å². The third-order valence-corrected chi connectivity index (χ3v) is 3.06. The van der Waals surface area contributed by atoms with Crippen LogP contribution in [0.25, 0.3) is 6.08 Å². The van der Waals surface area contributed by atoms with Gasteiger partial charge in [0.05, 0.1) is 4.92 Å². The first-order valence-electron chi connectivity index (χ1n) is 6.74. The average molecular weight is 307 g/mol. The van der Waals surface area contributed by atoms with E-state index in [1.165, 1.54) is 30.3 Å². The van der Waals surface area contributed by atoms with Crippen molar-refractivity contribution in [1.82, 2.24) is 0 Å². The lowest BCUT2D eigenvalue weighted by atomic mass is 10.1. The fraction of sp³-hybridized carbons (Fsp3) is 0.0588. The van der Waals surface area contributed by atoms with Crippen LogP contribution in [0.5, 0.6) is 0 Å². The summed E-state index contributed by atoms with van der Waals surface area (Å²) in [5, 5.41) is 22.4. The number of anilines is 1. The van der Waals surface area contributed by atoms with Crippen molar-refractivity contribution in [3.05, 3.63) is 75.3 Å². The maximum atomic E-state index is 12.1. The van der Waals surface area contributed by atoms with Crippen molar-refractivity contribution >= 4 is 23.4 Å². The van der Waals surface area contributed by atoms with E-state index in [-0.39, 0.29) is 11.3 Å². The largest absolute Gasteiger partial charge is 0.321 e. The lowest BCUT2D eigenvalue weighted by Crippen LogP contribution is -2.13. The molecule has 6 heteroatoms. The van der Waals surface area contributed by atoms with Gasteiger partial charge in [-0.25, -0.2) is 0 Å². The normalized spacial score (nSPS) is 10.7. The van der Waals surface area contributed by atoms with E-state index in [1.807, 2.05) is 19.1 Å². The van der Waals surface area contributed by atoms with Gasteiger partial charge in [0.25, 0.3) is 11.6 Å². The molecule has 6 nitrogen and oxygen atoms in total. The molecule has 0 aliphatic rings. The van der Waals surface area contributed by atoms with Crippen molar-refractivity contribution in [2.45, 2.75) is 6.92 Å². The fourth-order valence-corrected chi connectivity index (χ4v) is 1.93.